The minimum Gasteiger partial charge on any atom is -0.465 e. The van der Waals surface area contributed by atoms with E-state index in [0.717, 1.165) is 34.7 Å². The van der Waals surface area contributed by atoms with Crippen LogP contribution >= 0.6 is 0 Å². The van der Waals surface area contributed by atoms with Gasteiger partial charge in [0.25, 0.3) is 5.56 Å². The predicted octanol–water partition coefficient (Wildman–Crippen LogP) is 0.735. The number of quaternary nitrogens is 1. The minimum atomic E-state index is -0.695. The number of piperidine rings is 1. The average molecular weight is 555 g/mol. The molecule has 4 heterocycles. The molecule has 3 aromatic heterocycles. The first-order valence-corrected chi connectivity index (χ1v) is 13.6. The lowest BCUT2D eigenvalue weighted by molar-refractivity contribution is -0.419. The third-order valence-corrected chi connectivity index (χ3v) is 7.15. The molecule has 11 heteroatoms. The SMILES string of the molecule is C#Cc1nc(Cn2c(=O)c3c(nc(N4CCCC([NH3+])C4)n3CC#CC)n(CC(=O)OCC)c2=O)cc2ccccc12. The highest BCUT2D eigenvalue weighted by atomic mass is 16.5. The number of carbonyl (C=O) groups is 1. The Labute approximate surface area is 236 Å². The molecular formula is C30H32N7O4+. The van der Waals surface area contributed by atoms with Gasteiger partial charge in [0.15, 0.2) is 11.2 Å². The average Bonchev–Trinajstić information content (AvgIpc) is 3.35. The Hall–Kier alpha value is -4.87. The van der Waals surface area contributed by atoms with Crippen LogP contribution in [-0.2, 0) is 29.2 Å². The van der Waals surface area contributed by atoms with E-state index in [1.54, 1.807) is 24.5 Å². The van der Waals surface area contributed by atoms with Gasteiger partial charge in [0.1, 0.15) is 18.3 Å². The van der Waals surface area contributed by atoms with Gasteiger partial charge in [-0.1, -0.05) is 30.2 Å². The lowest BCUT2D eigenvalue weighted by Gasteiger charge is -2.29. The van der Waals surface area contributed by atoms with Gasteiger partial charge in [0, 0.05) is 18.4 Å². The molecular weight excluding hydrogens is 522 g/mol. The number of fused-ring (bicyclic) bond motifs is 2. The number of hydrogen-bond donors (Lipinski definition) is 1. The van der Waals surface area contributed by atoms with Crippen molar-refractivity contribution in [3.05, 3.63) is 62.6 Å². The first-order chi connectivity index (χ1) is 19.9. The second kappa shape index (κ2) is 11.7. The van der Waals surface area contributed by atoms with Crippen molar-refractivity contribution < 1.29 is 15.3 Å². The van der Waals surface area contributed by atoms with E-state index in [0.29, 0.717) is 23.9 Å². The van der Waals surface area contributed by atoms with E-state index in [9.17, 15) is 14.4 Å². The lowest BCUT2D eigenvalue weighted by Crippen LogP contribution is -2.67. The topological polar surface area (TPSA) is 132 Å². The van der Waals surface area contributed by atoms with Gasteiger partial charge in [-0.15, -0.1) is 12.3 Å². The van der Waals surface area contributed by atoms with Crippen molar-refractivity contribution >= 4 is 33.9 Å². The molecule has 0 spiro atoms. The van der Waals surface area contributed by atoms with E-state index in [2.05, 4.69) is 33.4 Å². The summed E-state index contributed by atoms with van der Waals surface area (Å²) in [6.07, 6.45) is 7.65. The summed E-state index contributed by atoms with van der Waals surface area (Å²) in [6.45, 7) is 4.55. The molecule has 3 N–H and O–H groups in total. The Morgan fingerprint density at radius 3 is 2.73 bits per heavy atom. The van der Waals surface area contributed by atoms with E-state index in [-0.39, 0.29) is 36.9 Å². The minimum absolute atomic E-state index is 0.110. The van der Waals surface area contributed by atoms with Crippen molar-refractivity contribution in [2.45, 2.75) is 52.4 Å². The summed E-state index contributed by atoms with van der Waals surface area (Å²) in [6, 6.07) is 9.51. The van der Waals surface area contributed by atoms with Gasteiger partial charge in [-0.3, -0.25) is 23.3 Å². The highest BCUT2D eigenvalue weighted by Gasteiger charge is 2.28. The van der Waals surface area contributed by atoms with Crippen LogP contribution in [0.25, 0.3) is 21.9 Å². The summed E-state index contributed by atoms with van der Waals surface area (Å²) in [5.74, 6) is 8.41. The highest BCUT2D eigenvalue weighted by molar-refractivity contribution is 5.87. The first-order valence-electron chi connectivity index (χ1n) is 13.6. The molecule has 1 saturated heterocycles. The van der Waals surface area contributed by atoms with Crippen LogP contribution in [0.2, 0.25) is 0 Å². The molecule has 0 bridgehead atoms. The first kappa shape index (κ1) is 27.7. The summed E-state index contributed by atoms with van der Waals surface area (Å²) < 4.78 is 9.15. The van der Waals surface area contributed by atoms with E-state index in [4.69, 9.17) is 16.1 Å². The maximum atomic E-state index is 14.1. The Kier molecular flexibility index (Phi) is 7.90. The van der Waals surface area contributed by atoms with E-state index in [1.165, 1.54) is 4.57 Å². The van der Waals surface area contributed by atoms with Gasteiger partial charge < -0.3 is 15.4 Å². The van der Waals surface area contributed by atoms with Gasteiger partial charge in [-0.2, -0.15) is 4.98 Å². The number of carbonyl (C=O) groups excluding carboxylic acids is 1. The normalized spacial score (nSPS) is 15.0. The summed E-state index contributed by atoms with van der Waals surface area (Å²) in [4.78, 5) is 52.0. The van der Waals surface area contributed by atoms with Gasteiger partial charge >= 0.3 is 11.7 Å². The number of pyridine rings is 1. The van der Waals surface area contributed by atoms with Crippen LogP contribution in [0, 0.1) is 24.2 Å². The smallest absolute Gasteiger partial charge is 0.333 e. The zero-order valence-corrected chi connectivity index (χ0v) is 23.2. The van der Waals surface area contributed by atoms with Crippen molar-refractivity contribution in [3.63, 3.8) is 0 Å². The van der Waals surface area contributed by atoms with Crippen LogP contribution in [0.15, 0.2) is 39.9 Å². The Bertz CT molecular complexity index is 1870. The van der Waals surface area contributed by atoms with Crippen molar-refractivity contribution in [2.75, 3.05) is 24.6 Å². The van der Waals surface area contributed by atoms with Crippen LogP contribution in [0.3, 0.4) is 0 Å². The molecule has 1 atom stereocenters. The second-order valence-corrected chi connectivity index (χ2v) is 9.94. The molecule has 1 unspecified atom stereocenters. The third-order valence-electron chi connectivity index (χ3n) is 7.15. The molecule has 1 aliphatic rings. The summed E-state index contributed by atoms with van der Waals surface area (Å²) in [5.41, 5.74) is 4.11. The molecule has 0 aliphatic carbocycles. The summed E-state index contributed by atoms with van der Waals surface area (Å²) >= 11 is 0. The van der Waals surface area contributed by atoms with Crippen molar-refractivity contribution in [2.24, 2.45) is 0 Å². The quantitative estimate of drug-likeness (QED) is 0.263. The monoisotopic (exact) mass is 554 g/mol. The number of rotatable bonds is 7. The number of imidazole rings is 1. The standard InChI is InChI=1S/C30H31N7O4/c1-4-7-15-35-26-27(33-29(35)34-14-10-12-21(31)17-34)36(19-25(38)41-6-3)30(40)37(28(26)39)18-22-16-20-11-8-9-13-23(20)24(5-2)32-22/h2,8-9,11,13,16,21H,6,10,12,14-15,17-19,31H2,1,3H3/p+1. The number of anilines is 1. The van der Waals surface area contributed by atoms with Crippen molar-refractivity contribution in [1.29, 1.82) is 0 Å². The fourth-order valence-electron chi connectivity index (χ4n) is 5.30. The van der Waals surface area contributed by atoms with Gasteiger partial charge in [0.2, 0.25) is 5.95 Å². The number of terminal acetylenes is 1. The molecule has 0 saturated carbocycles. The molecule has 5 rings (SSSR count). The van der Waals surface area contributed by atoms with Crippen LogP contribution in [0.4, 0.5) is 5.95 Å². The number of benzene rings is 1. The van der Waals surface area contributed by atoms with Crippen LogP contribution in [-0.4, -0.2) is 55.4 Å². The van der Waals surface area contributed by atoms with Crippen molar-refractivity contribution in [1.82, 2.24) is 23.7 Å². The van der Waals surface area contributed by atoms with E-state index >= 15 is 0 Å². The molecule has 210 valence electrons. The Morgan fingerprint density at radius 2 is 2.00 bits per heavy atom. The maximum Gasteiger partial charge on any atom is 0.333 e. The summed E-state index contributed by atoms with van der Waals surface area (Å²) in [7, 11) is 0. The number of nitrogens with zero attached hydrogens (tertiary/aromatic N) is 6. The van der Waals surface area contributed by atoms with Crippen LogP contribution in [0.5, 0.6) is 0 Å². The molecule has 0 amide bonds. The van der Waals surface area contributed by atoms with E-state index in [1.807, 2.05) is 24.3 Å². The molecule has 41 heavy (non-hydrogen) atoms. The fourth-order valence-corrected chi connectivity index (χ4v) is 5.30. The molecule has 1 aliphatic heterocycles. The second-order valence-electron chi connectivity index (χ2n) is 9.94. The molecule has 11 nitrogen and oxygen atoms in total. The fraction of sp³-hybridized carbons (Fsp3) is 0.367. The zero-order chi connectivity index (χ0) is 29.1. The Balaban J connectivity index is 1.76. The third kappa shape index (κ3) is 5.32. The maximum absolute atomic E-state index is 14.1. The number of aromatic nitrogens is 5. The number of hydrogen-bond acceptors (Lipinski definition) is 7. The van der Waals surface area contributed by atoms with Gasteiger partial charge in [-0.05, 0) is 37.6 Å². The molecule has 1 aromatic carbocycles. The molecule has 4 aromatic rings. The van der Waals surface area contributed by atoms with Gasteiger partial charge in [0.05, 0.1) is 31.9 Å². The number of ether oxygens (including phenoxy) is 1. The van der Waals surface area contributed by atoms with E-state index < -0.39 is 23.8 Å². The Morgan fingerprint density at radius 1 is 1.20 bits per heavy atom. The highest BCUT2D eigenvalue weighted by Crippen LogP contribution is 2.23. The summed E-state index contributed by atoms with van der Waals surface area (Å²) in [5, 5.41) is 1.64. The van der Waals surface area contributed by atoms with Crippen molar-refractivity contribution in [3.8, 4) is 24.2 Å². The predicted molar refractivity (Wildman–Crippen MR) is 155 cm³/mol. The molecule has 0 radical (unpaired) electrons. The molecule has 1 fully saturated rings. The van der Waals surface area contributed by atoms with Crippen LogP contribution < -0.4 is 21.9 Å². The lowest BCUT2D eigenvalue weighted by atomic mass is 10.1. The van der Waals surface area contributed by atoms with Crippen LogP contribution in [0.1, 0.15) is 38.1 Å². The van der Waals surface area contributed by atoms with Gasteiger partial charge in [-0.25, -0.2) is 9.78 Å². The number of esters is 1. The zero-order valence-electron chi connectivity index (χ0n) is 23.2. The largest absolute Gasteiger partial charge is 0.465 e.